The van der Waals surface area contributed by atoms with Crippen LogP contribution in [0.15, 0.2) is 29.9 Å². The Kier molecular flexibility index (Phi) is 5.16. The highest BCUT2D eigenvalue weighted by Gasteiger charge is 2.11. The summed E-state index contributed by atoms with van der Waals surface area (Å²) in [5.41, 5.74) is 0. The molecule has 1 unspecified atom stereocenters. The summed E-state index contributed by atoms with van der Waals surface area (Å²) in [5.74, 6) is 1.84. The fraction of sp³-hybridized carbons (Fsp3) is 0.533. The lowest BCUT2D eigenvalue weighted by Crippen LogP contribution is -2.25. The summed E-state index contributed by atoms with van der Waals surface area (Å²) < 4.78 is 2.26. The zero-order valence-corrected chi connectivity index (χ0v) is 12.8. The van der Waals surface area contributed by atoms with Gasteiger partial charge in [0, 0.05) is 25.0 Å². The number of imidazole rings is 1. The Balaban J connectivity index is 1.93. The number of thiophene rings is 1. The SMILES string of the molecule is CC(C)CCNCC(C)n1ccnc1-c1cccs1. The van der Waals surface area contributed by atoms with Crippen molar-refractivity contribution in [2.24, 2.45) is 5.92 Å². The van der Waals surface area contributed by atoms with E-state index in [1.165, 1.54) is 11.3 Å². The zero-order chi connectivity index (χ0) is 13.7. The van der Waals surface area contributed by atoms with Gasteiger partial charge in [-0.05, 0) is 37.3 Å². The van der Waals surface area contributed by atoms with E-state index in [9.17, 15) is 0 Å². The monoisotopic (exact) mass is 277 g/mol. The third-order valence-electron chi connectivity index (χ3n) is 3.22. The second-order valence-electron chi connectivity index (χ2n) is 5.37. The van der Waals surface area contributed by atoms with Gasteiger partial charge in [-0.1, -0.05) is 19.9 Å². The Morgan fingerprint density at radius 3 is 2.89 bits per heavy atom. The Morgan fingerprint density at radius 1 is 1.37 bits per heavy atom. The largest absolute Gasteiger partial charge is 0.326 e. The van der Waals surface area contributed by atoms with Crippen LogP contribution in [0, 0.1) is 5.92 Å². The molecule has 104 valence electrons. The van der Waals surface area contributed by atoms with Crippen molar-refractivity contribution in [1.29, 1.82) is 0 Å². The molecule has 0 aliphatic heterocycles. The van der Waals surface area contributed by atoms with Gasteiger partial charge in [0.2, 0.25) is 0 Å². The maximum atomic E-state index is 4.48. The van der Waals surface area contributed by atoms with E-state index < -0.39 is 0 Å². The molecule has 2 aromatic heterocycles. The van der Waals surface area contributed by atoms with Gasteiger partial charge in [0.1, 0.15) is 5.82 Å². The van der Waals surface area contributed by atoms with Crippen LogP contribution in [0.3, 0.4) is 0 Å². The van der Waals surface area contributed by atoms with Crippen LogP contribution in [0.4, 0.5) is 0 Å². The molecule has 2 heterocycles. The predicted molar refractivity (Wildman–Crippen MR) is 82.6 cm³/mol. The molecule has 3 nitrogen and oxygen atoms in total. The highest BCUT2D eigenvalue weighted by molar-refractivity contribution is 7.13. The van der Waals surface area contributed by atoms with Crippen LogP contribution >= 0.6 is 11.3 Å². The van der Waals surface area contributed by atoms with Crippen LogP contribution in [0.5, 0.6) is 0 Å². The third-order valence-corrected chi connectivity index (χ3v) is 4.09. The van der Waals surface area contributed by atoms with E-state index in [0.717, 1.165) is 24.8 Å². The molecule has 0 fully saturated rings. The summed E-state index contributed by atoms with van der Waals surface area (Å²) in [6.07, 6.45) is 5.19. The molecule has 0 aliphatic rings. The molecule has 2 aromatic rings. The lowest BCUT2D eigenvalue weighted by Gasteiger charge is -2.17. The molecule has 0 amide bonds. The Labute approximate surface area is 119 Å². The van der Waals surface area contributed by atoms with Crippen LogP contribution < -0.4 is 5.32 Å². The van der Waals surface area contributed by atoms with Gasteiger partial charge in [0.25, 0.3) is 0 Å². The van der Waals surface area contributed by atoms with Crippen molar-refractivity contribution in [3.63, 3.8) is 0 Å². The minimum atomic E-state index is 0.423. The molecule has 19 heavy (non-hydrogen) atoms. The molecule has 0 aliphatic carbocycles. The first kappa shape index (κ1) is 14.3. The van der Waals surface area contributed by atoms with Crippen molar-refractivity contribution in [3.8, 4) is 10.7 Å². The highest BCUT2D eigenvalue weighted by Crippen LogP contribution is 2.25. The first-order valence-electron chi connectivity index (χ1n) is 6.96. The van der Waals surface area contributed by atoms with E-state index in [4.69, 9.17) is 0 Å². The second kappa shape index (κ2) is 6.87. The van der Waals surface area contributed by atoms with Crippen molar-refractivity contribution in [1.82, 2.24) is 14.9 Å². The average molecular weight is 277 g/mol. The molecule has 1 N–H and O–H groups in total. The standard InChI is InChI=1S/C15H23N3S/c1-12(2)6-7-16-11-13(3)18-9-8-17-15(18)14-5-4-10-19-14/h4-5,8-10,12-13,16H,6-7,11H2,1-3H3. The van der Waals surface area contributed by atoms with E-state index in [1.54, 1.807) is 11.3 Å². The first-order chi connectivity index (χ1) is 9.18. The summed E-state index contributed by atoms with van der Waals surface area (Å²) in [4.78, 5) is 5.72. The first-order valence-corrected chi connectivity index (χ1v) is 7.84. The van der Waals surface area contributed by atoms with Gasteiger partial charge >= 0.3 is 0 Å². The minimum Gasteiger partial charge on any atom is -0.326 e. The number of rotatable bonds is 7. The molecule has 4 heteroatoms. The molecule has 0 saturated carbocycles. The number of nitrogens with zero attached hydrogens (tertiary/aromatic N) is 2. The molecule has 0 spiro atoms. The normalized spacial score (nSPS) is 13.1. The fourth-order valence-corrected chi connectivity index (χ4v) is 2.79. The summed E-state index contributed by atoms with van der Waals surface area (Å²) in [7, 11) is 0. The molecular formula is C15H23N3S. The molecule has 0 bridgehead atoms. The van der Waals surface area contributed by atoms with Crippen molar-refractivity contribution < 1.29 is 0 Å². The van der Waals surface area contributed by atoms with E-state index in [0.29, 0.717) is 6.04 Å². The van der Waals surface area contributed by atoms with Crippen LogP contribution in [0.2, 0.25) is 0 Å². The van der Waals surface area contributed by atoms with Gasteiger partial charge < -0.3 is 9.88 Å². The highest BCUT2D eigenvalue weighted by atomic mass is 32.1. The fourth-order valence-electron chi connectivity index (χ4n) is 2.07. The summed E-state index contributed by atoms with van der Waals surface area (Å²) >= 11 is 1.74. The van der Waals surface area contributed by atoms with Crippen molar-refractivity contribution in [2.45, 2.75) is 33.2 Å². The van der Waals surface area contributed by atoms with Gasteiger partial charge in [0.15, 0.2) is 0 Å². The van der Waals surface area contributed by atoms with E-state index in [1.807, 2.05) is 6.20 Å². The quantitative estimate of drug-likeness (QED) is 0.780. The lowest BCUT2D eigenvalue weighted by molar-refractivity contribution is 0.470. The second-order valence-corrected chi connectivity index (χ2v) is 6.32. The van der Waals surface area contributed by atoms with E-state index in [2.05, 4.69) is 59.3 Å². The van der Waals surface area contributed by atoms with Crippen molar-refractivity contribution >= 4 is 11.3 Å². The lowest BCUT2D eigenvalue weighted by atomic mass is 10.1. The molecular weight excluding hydrogens is 254 g/mol. The maximum Gasteiger partial charge on any atom is 0.150 e. The predicted octanol–water partition coefficient (Wildman–Crippen LogP) is 3.81. The topological polar surface area (TPSA) is 29.9 Å². The third kappa shape index (κ3) is 3.91. The Hall–Kier alpha value is -1.13. The van der Waals surface area contributed by atoms with Crippen LogP contribution in [0.1, 0.15) is 33.2 Å². The van der Waals surface area contributed by atoms with E-state index in [-0.39, 0.29) is 0 Å². The van der Waals surface area contributed by atoms with Gasteiger partial charge in [-0.25, -0.2) is 4.98 Å². The number of hydrogen-bond acceptors (Lipinski definition) is 3. The van der Waals surface area contributed by atoms with Crippen LogP contribution in [-0.4, -0.2) is 22.6 Å². The van der Waals surface area contributed by atoms with Crippen molar-refractivity contribution in [3.05, 3.63) is 29.9 Å². The maximum absolute atomic E-state index is 4.48. The Morgan fingerprint density at radius 2 is 2.21 bits per heavy atom. The van der Waals surface area contributed by atoms with Gasteiger partial charge in [-0.15, -0.1) is 11.3 Å². The minimum absolute atomic E-state index is 0.423. The van der Waals surface area contributed by atoms with Gasteiger partial charge in [-0.3, -0.25) is 0 Å². The molecule has 1 atom stereocenters. The smallest absolute Gasteiger partial charge is 0.150 e. The van der Waals surface area contributed by atoms with Gasteiger partial charge in [0.05, 0.1) is 4.88 Å². The molecule has 2 rings (SSSR count). The van der Waals surface area contributed by atoms with Crippen LogP contribution in [0.25, 0.3) is 10.7 Å². The number of aromatic nitrogens is 2. The van der Waals surface area contributed by atoms with E-state index >= 15 is 0 Å². The number of nitrogens with one attached hydrogen (secondary N) is 1. The van der Waals surface area contributed by atoms with Gasteiger partial charge in [-0.2, -0.15) is 0 Å². The molecule has 0 radical (unpaired) electrons. The Bertz CT molecular complexity index is 473. The number of hydrogen-bond donors (Lipinski definition) is 1. The molecule has 0 aromatic carbocycles. The summed E-state index contributed by atoms with van der Waals surface area (Å²) in [5, 5.41) is 5.63. The average Bonchev–Trinajstić information content (AvgIpc) is 3.02. The van der Waals surface area contributed by atoms with Crippen LogP contribution in [-0.2, 0) is 0 Å². The summed E-state index contributed by atoms with van der Waals surface area (Å²) in [6.45, 7) is 8.83. The van der Waals surface area contributed by atoms with Crippen molar-refractivity contribution in [2.75, 3.05) is 13.1 Å². The zero-order valence-electron chi connectivity index (χ0n) is 12.0. The molecule has 0 saturated heterocycles. The summed E-state index contributed by atoms with van der Waals surface area (Å²) in [6, 6.07) is 4.62.